The van der Waals surface area contributed by atoms with Crippen molar-refractivity contribution in [2.75, 3.05) is 13.7 Å². The average Bonchev–Trinajstić information content (AvgIpc) is 2.39. The first kappa shape index (κ1) is 15.5. The van der Waals surface area contributed by atoms with E-state index >= 15 is 0 Å². The molecule has 0 aliphatic carbocycles. The van der Waals surface area contributed by atoms with Gasteiger partial charge in [-0.15, -0.1) is 0 Å². The summed E-state index contributed by atoms with van der Waals surface area (Å²) in [6.45, 7) is 7.78. The summed E-state index contributed by atoms with van der Waals surface area (Å²) in [4.78, 5) is 0. The molecule has 0 bridgehead atoms. The third kappa shape index (κ3) is 3.99. The summed E-state index contributed by atoms with van der Waals surface area (Å²) in [7, 11) is 1.70. The summed E-state index contributed by atoms with van der Waals surface area (Å²) >= 11 is 3.66. The predicted octanol–water partition coefficient (Wildman–Crippen LogP) is 4.54. The quantitative estimate of drug-likeness (QED) is 0.797. The van der Waals surface area contributed by atoms with Crippen LogP contribution in [0.1, 0.15) is 45.2 Å². The van der Waals surface area contributed by atoms with Crippen LogP contribution in [0.3, 0.4) is 0 Å². The maximum absolute atomic E-state index is 5.25. The normalized spacial score (nSPS) is 14.3. The van der Waals surface area contributed by atoms with E-state index in [9.17, 15) is 0 Å². The van der Waals surface area contributed by atoms with Crippen LogP contribution in [0.2, 0.25) is 0 Å². The van der Waals surface area contributed by atoms with Gasteiger partial charge in [-0.2, -0.15) is 0 Å². The van der Waals surface area contributed by atoms with E-state index in [1.807, 2.05) is 12.1 Å². The van der Waals surface area contributed by atoms with Crippen molar-refractivity contribution in [3.05, 3.63) is 28.2 Å². The summed E-state index contributed by atoms with van der Waals surface area (Å²) in [5, 5.41) is 3.64. The second-order valence-corrected chi connectivity index (χ2v) is 5.56. The number of hydrogen-bond acceptors (Lipinski definition) is 2. The Hall–Kier alpha value is -0.540. The summed E-state index contributed by atoms with van der Waals surface area (Å²) < 4.78 is 6.37. The molecule has 18 heavy (non-hydrogen) atoms. The van der Waals surface area contributed by atoms with Gasteiger partial charge < -0.3 is 10.1 Å². The molecular weight excluding hydrogens is 290 g/mol. The zero-order valence-electron chi connectivity index (χ0n) is 11.8. The minimum atomic E-state index is 0.398. The maximum atomic E-state index is 5.25. The molecule has 1 rings (SSSR count). The Kier molecular flexibility index (Phi) is 6.72. The van der Waals surface area contributed by atoms with E-state index in [0.717, 1.165) is 23.2 Å². The van der Waals surface area contributed by atoms with Gasteiger partial charge in [-0.25, -0.2) is 0 Å². The van der Waals surface area contributed by atoms with Crippen LogP contribution in [-0.4, -0.2) is 13.7 Å². The standard InChI is InChI=1S/C15H24BrNO/c1-5-9-17-15(11(3)6-2)13-8-7-12(18-4)10-14(13)16/h7-8,10-11,15,17H,5-6,9H2,1-4H3. The molecule has 0 spiro atoms. The van der Waals surface area contributed by atoms with Crippen LogP contribution >= 0.6 is 15.9 Å². The van der Waals surface area contributed by atoms with Crippen LogP contribution in [0.25, 0.3) is 0 Å². The zero-order chi connectivity index (χ0) is 13.5. The van der Waals surface area contributed by atoms with Crippen molar-refractivity contribution in [1.82, 2.24) is 5.32 Å². The highest BCUT2D eigenvalue weighted by Gasteiger charge is 2.19. The van der Waals surface area contributed by atoms with Gasteiger partial charge in [0, 0.05) is 10.5 Å². The van der Waals surface area contributed by atoms with Gasteiger partial charge in [-0.1, -0.05) is 49.2 Å². The van der Waals surface area contributed by atoms with Gasteiger partial charge >= 0.3 is 0 Å². The molecule has 1 aromatic rings. The molecule has 0 aliphatic rings. The second kappa shape index (κ2) is 7.80. The molecule has 0 saturated heterocycles. The minimum Gasteiger partial charge on any atom is -0.497 e. The molecule has 0 aliphatic heterocycles. The first-order valence-electron chi connectivity index (χ1n) is 6.70. The van der Waals surface area contributed by atoms with Crippen molar-refractivity contribution in [2.45, 2.75) is 39.7 Å². The lowest BCUT2D eigenvalue weighted by Gasteiger charge is -2.26. The SMILES string of the molecule is CCCNC(c1ccc(OC)cc1Br)C(C)CC. The fourth-order valence-corrected chi connectivity index (χ4v) is 2.64. The van der Waals surface area contributed by atoms with Crippen LogP contribution in [-0.2, 0) is 0 Å². The first-order chi connectivity index (χ1) is 8.63. The summed E-state index contributed by atoms with van der Waals surface area (Å²) in [6.07, 6.45) is 2.32. The molecule has 1 N–H and O–H groups in total. The lowest BCUT2D eigenvalue weighted by molar-refractivity contribution is 0.374. The first-order valence-corrected chi connectivity index (χ1v) is 7.50. The number of rotatable bonds is 7. The van der Waals surface area contributed by atoms with Gasteiger partial charge in [0.15, 0.2) is 0 Å². The van der Waals surface area contributed by atoms with Gasteiger partial charge in [-0.05, 0) is 36.6 Å². The number of benzene rings is 1. The Balaban J connectivity index is 2.96. The second-order valence-electron chi connectivity index (χ2n) is 4.70. The third-order valence-electron chi connectivity index (χ3n) is 3.37. The molecule has 0 radical (unpaired) electrons. The molecule has 0 amide bonds. The smallest absolute Gasteiger partial charge is 0.120 e. The van der Waals surface area contributed by atoms with Crippen molar-refractivity contribution in [3.63, 3.8) is 0 Å². The largest absolute Gasteiger partial charge is 0.497 e. The van der Waals surface area contributed by atoms with Crippen molar-refractivity contribution in [3.8, 4) is 5.75 Å². The van der Waals surface area contributed by atoms with Crippen molar-refractivity contribution in [2.24, 2.45) is 5.92 Å². The molecule has 0 aromatic heterocycles. The van der Waals surface area contributed by atoms with Crippen LogP contribution in [0.5, 0.6) is 5.75 Å². The number of halogens is 1. The molecule has 2 atom stereocenters. The number of nitrogens with one attached hydrogen (secondary N) is 1. The highest BCUT2D eigenvalue weighted by molar-refractivity contribution is 9.10. The van der Waals surface area contributed by atoms with E-state index in [4.69, 9.17) is 4.74 Å². The lowest BCUT2D eigenvalue weighted by atomic mass is 9.92. The van der Waals surface area contributed by atoms with Gasteiger partial charge in [0.2, 0.25) is 0 Å². The third-order valence-corrected chi connectivity index (χ3v) is 4.06. The highest BCUT2D eigenvalue weighted by Crippen LogP contribution is 2.32. The molecule has 0 fully saturated rings. The van der Waals surface area contributed by atoms with E-state index < -0.39 is 0 Å². The molecular formula is C15H24BrNO. The van der Waals surface area contributed by atoms with E-state index in [1.165, 1.54) is 12.0 Å². The molecule has 102 valence electrons. The molecule has 0 saturated carbocycles. The average molecular weight is 314 g/mol. The van der Waals surface area contributed by atoms with Gasteiger partial charge in [0.1, 0.15) is 5.75 Å². The van der Waals surface area contributed by atoms with E-state index in [2.05, 4.69) is 48.1 Å². The monoisotopic (exact) mass is 313 g/mol. The fourth-order valence-electron chi connectivity index (χ4n) is 2.04. The molecule has 2 nitrogen and oxygen atoms in total. The summed E-state index contributed by atoms with van der Waals surface area (Å²) in [6, 6.07) is 6.62. The Morgan fingerprint density at radius 3 is 2.56 bits per heavy atom. The van der Waals surface area contributed by atoms with E-state index in [0.29, 0.717) is 12.0 Å². The van der Waals surface area contributed by atoms with Crippen LogP contribution in [0.4, 0.5) is 0 Å². The molecule has 1 aromatic carbocycles. The Labute approximate surface area is 119 Å². The van der Waals surface area contributed by atoms with Crippen molar-refractivity contribution in [1.29, 1.82) is 0 Å². The van der Waals surface area contributed by atoms with E-state index in [-0.39, 0.29) is 0 Å². The summed E-state index contributed by atoms with van der Waals surface area (Å²) in [5.74, 6) is 1.50. The molecule has 3 heteroatoms. The minimum absolute atomic E-state index is 0.398. The van der Waals surface area contributed by atoms with Gasteiger partial charge in [0.05, 0.1) is 7.11 Å². The topological polar surface area (TPSA) is 21.3 Å². The van der Waals surface area contributed by atoms with E-state index in [1.54, 1.807) is 7.11 Å². The predicted molar refractivity (Wildman–Crippen MR) is 81.2 cm³/mol. The van der Waals surface area contributed by atoms with Crippen LogP contribution < -0.4 is 10.1 Å². The van der Waals surface area contributed by atoms with Gasteiger partial charge in [-0.3, -0.25) is 0 Å². The molecule has 2 unspecified atom stereocenters. The number of hydrogen-bond donors (Lipinski definition) is 1. The fraction of sp³-hybridized carbons (Fsp3) is 0.600. The Morgan fingerprint density at radius 1 is 1.33 bits per heavy atom. The Morgan fingerprint density at radius 2 is 2.06 bits per heavy atom. The Bertz CT molecular complexity index is 368. The number of methoxy groups -OCH3 is 1. The van der Waals surface area contributed by atoms with Crippen molar-refractivity contribution < 1.29 is 4.74 Å². The van der Waals surface area contributed by atoms with Crippen molar-refractivity contribution >= 4 is 15.9 Å². The number of ether oxygens (including phenoxy) is 1. The van der Waals surface area contributed by atoms with Crippen LogP contribution in [0, 0.1) is 5.92 Å². The molecule has 0 heterocycles. The maximum Gasteiger partial charge on any atom is 0.120 e. The van der Waals surface area contributed by atoms with Crippen LogP contribution in [0.15, 0.2) is 22.7 Å². The van der Waals surface area contributed by atoms with Gasteiger partial charge in [0.25, 0.3) is 0 Å². The lowest BCUT2D eigenvalue weighted by Crippen LogP contribution is -2.27. The summed E-state index contributed by atoms with van der Waals surface area (Å²) in [5.41, 5.74) is 1.32. The zero-order valence-corrected chi connectivity index (χ0v) is 13.4. The highest BCUT2D eigenvalue weighted by atomic mass is 79.9.